The van der Waals surface area contributed by atoms with E-state index in [9.17, 15) is 8.42 Å². The molecular formula is C24H23ClN2O3S2. The van der Waals surface area contributed by atoms with Crippen molar-refractivity contribution in [1.82, 2.24) is 9.78 Å². The molecule has 0 spiro atoms. The molecule has 0 N–H and O–H groups in total. The Morgan fingerprint density at radius 2 is 1.72 bits per heavy atom. The normalized spacial score (nSPS) is 12.3. The lowest BCUT2D eigenvalue weighted by molar-refractivity contribution is 0.0152. The number of rotatable bonds is 6. The summed E-state index contributed by atoms with van der Waals surface area (Å²) in [6.45, 7) is 3.93. The summed E-state index contributed by atoms with van der Waals surface area (Å²) in [5.41, 5.74) is 2.71. The van der Waals surface area contributed by atoms with Gasteiger partial charge in [0.1, 0.15) is 5.60 Å². The van der Waals surface area contributed by atoms with Crippen molar-refractivity contribution in [2.45, 2.75) is 24.3 Å². The summed E-state index contributed by atoms with van der Waals surface area (Å²) in [7, 11) is -1.62. The minimum Gasteiger partial charge on any atom is -0.372 e. The molecule has 0 aliphatic heterocycles. The molecule has 0 unspecified atom stereocenters. The van der Waals surface area contributed by atoms with Gasteiger partial charge in [0.25, 0.3) is 0 Å². The van der Waals surface area contributed by atoms with E-state index in [0.717, 1.165) is 32.4 Å². The molecule has 0 saturated heterocycles. The van der Waals surface area contributed by atoms with Crippen molar-refractivity contribution >= 4 is 32.8 Å². The molecule has 4 aromatic rings. The molecule has 4 rings (SSSR count). The van der Waals surface area contributed by atoms with Gasteiger partial charge in [-0.25, -0.2) is 13.1 Å². The van der Waals surface area contributed by atoms with Crippen molar-refractivity contribution in [2.75, 3.05) is 13.4 Å². The van der Waals surface area contributed by atoms with Crippen molar-refractivity contribution in [3.05, 3.63) is 77.4 Å². The molecule has 2 aromatic carbocycles. The van der Waals surface area contributed by atoms with Gasteiger partial charge in [0, 0.05) is 18.2 Å². The van der Waals surface area contributed by atoms with Gasteiger partial charge >= 0.3 is 0 Å². The molecule has 0 atom stereocenters. The van der Waals surface area contributed by atoms with Crippen molar-refractivity contribution in [3.63, 3.8) is 0 Å². The van der Waals surface area contributed by atoms with Gasteiger partial charge in [-0.15, -0.1) is 11.3 Å². The second-order valence-corrected chi connectivity index (χ2v) is 11.5. The second-order valence-electron chi connectivity index (χ2n) is 7.96. The van der Waals surface area contributed by atoms with Crippen LogP contribution in [0.1, 0.15) is 19.5 Å². The fraction of sp³-hybridized carbons (Fsp3) is 0.208. The van der Waals surface area contributed by atoms with Gasteiger partial charge in [-0.2, -0.15) is 5.10 Å². The van der Waals surface area contributed by atoms with Crippen LogP contribution < -0.4 is 0 Å². The molecule has 2 heterocycles. The second kappa shape index (κ2) is 8.48. The van der Waals surface area contributed by atoms with Gasteiger partial charge in [-0.05, 0) is 61.9 Å². The molecule has 0 aliphatic carbocycles. The maximum Gasteiger partial charge on any atom is 0.175 e. The van der Waals surface area contributed by atoms with Crippen LogP contribution in [0, 0.1) is 0 Å². The number of hydrogen-bond donors (Lipinski definition) is 0. The number of para-hydroxylation sites is 1. The Balaban J connectivity index is 1.85. The Morgan fingerprint density at radius 1 is 1.00 bits per heavy atom. The van der Waals surface area contributed by atoms with E-state index in [0.29, 0.717) is 9.92 Å². The first kappa shape index (κ1) is 22.7. The zero-order valence-electron chi connectivity index (χ0n) is 18.2. The van der Waals surface area contributed by atoms with E-state index >= 15 is 0 Å². The molecule has 2 aromatic heterocycles. The number of hydrogen-bond acceptors (Lipinski definition) is 5. The van der Waals surface area contributed by atoms with Gasteiger partial charge in [-0.3, -0.25) is 0 Å². The molecule has 0 bridgehead atoms. The summed E-state index contributed by atoms with van der Waals surface area (Å²) in [6, 6.07) is 20.6. The summed E-state index contributed by atoms with van der Waals surface area (Å²) in [5, 5.41) is 5.42. The highest BCUT2D eigenvalue weighted by Crippen LogP contribution is 2.38. The average molecular weight is 487 g/mol. The van der Waals surface area contributed by atoms with Crippen LogP contribution in [-0.4, -0.2) is 31.6 Å². The van der Waals surface area contributed by atoms with Gasteiger partial charge < -0.3 is 4.74 Å². The van der Waals surface area contributed by atoms with Crippen LogP contribution in [0.25, 0.3) is 26.7 Å². The average Bonchev–Trinajstić information content (AvgIpc) is 3.41. The van der Waals surface area contributed by atoms with Gasteiger partial charge in [-0.1, -0.05) is 35.9 Å². The van der Waals surface area contributed by atoms with E-state index in [1.807, 2.05) is 67.1 Å². The van der Waals surface area contributed by atoms with Crippen molar-refractivity contribution < 1.29 is 13.2 Å². The topological polar surface area (TPSA) is 61.2 Å². The van der Waals surface area contributed by atoms with Crippen molar-refractivity contribution in [1.29, 1.82) is 0 Å². The van der Waals surface area contributed by atoms with E-state index in [-0.39, 0.29) is 0 Å². The summed E-state index contributed by atoms with van der Waals surface area (Å²) in [5.74, 6) is 0. The standard InChI is InChI=1S/C24H23ClN2O3S2/c1-24(2,30-3)23-15-20(27(26-23)19-11-6-5-10-18(19)25)22-13-12-21(31-22)16-8-7-9-17(14-16)32(4,28)29/h5-15H,1-4H3. The van der Waals surface area contributed by atoms with Gasteiger partial charge in [0.2, 0.25) is 0 Å². The van der Waals surface area contributed by atoms with Crippen molar-refractivity contribution in [3.8, 4) is 26.7 Å². The number of thiophene rings is 1. The van der Waals surface area contributed by atoms with Crippen LogP contribution in [0.15, 0.2) is 71.6 Å². The van der Waals surface area contributed by atoms with Crippen LogP contribution in [0.5, 0.6) is 0 Å². The lowest BCUT2D eigenvalue weighted by Gasteiger charge is -2.19. The summed E-state index contributed by atoms with van der Waals surface area (Å²) in [4.78, 5) is 2.25. The number of halogens is 1. The van der Waals surface area contributed by atoms with E-state index < -0.39 is 15.4 Å². The fourth-order valence-electron chi connectivity index (χ4n) is 3.27. The van der Waals surface area contributed by atoms with Crippen LogP contribution in [0.4, 0.5) is 0 Å². The lowest BCUT2D eigenvalue weighted by Crippen LogP contribution is -2.20. The fourth-order valence-corrected chi connectivity index (χ4v) is 5.16. The highest BCUT2D eigenvalue weighted by molar-refractivity contribution is 7.90. The molecule has 166 valence electrons. The van der Waals surface area contributed by atoms with Gasteiger partial charge in [0.05, 0.1) is 31.9 Å². The first-order valence-corrected chi connectivity index (χ1v) is 13.0. The molecule has 5 nitrogen and oxygen atoms in total. The molecule has 0 saturated carbocycles. The smallest absolute Gasteiger partial charge is 0.175 e. The highest BCUT2D eigenvalue weighted by atomic mass is 35.5. The van der Waals surface area contributed by atoms with Gasteiger partial charge in [0.15, 0.2) is 9.84 Å². The molecule has 0 aliphatic rings. The lowest BCUT2D eigenvalue weighted by atomic mass is 10.1. The monoisotopic (exact) mass is 486 g/mol. The predicted molar refractivity (Wildman–Crippen MR) is 130 cm³/mol. The van der Waals surface area contributed by atoms with Crippen molar-refractivity contribution in [2.24, 2.45) is 0 Å². The Morgan fingerprint density at radius 3 is 2.41 bits per heavy atom. The van der Waals surface area contributed by atoms with Crippen LogP contribution in [-0.2, 0) is 20.2 Å². The van der Waals surface area contributed by atoms with E-state index in [4.69, 9.17) is 21.4 Å². The summed E-state index contributed by atoms with van der Waals surface area (Å²) in [6.07, 6.45) is 1.22. The van der Waals surface area contributed by atoms with E-state index in [1.165, 1.54) is 6.26 Å². The zero-order chi connectivity index (χ0) is 23.1. The molecule has 0 amide bonds. The third kappa shape index (κ3) is 4.38. The predicted octanol–water partition coefficient (Wildman–Crippen LogP) is 6.21. The number of sulfone groups is 1. The number of benzene rings is 2. The van der Waals surface area contributed by atoms with Crippen LogP contribution in [0.2, 0.25) is 5.02 Å². The largest absolute Gasteiger partial charge is 0.372 e. The number of ether oxygens (including phenoxy) is 1. The third-order valence-corrected chi connectivity index (χ3v) is 7.91. The molecule has 0 fully saturated rings. The first-order chi connectivity index (χ1) is 15.1. The first-order valence-electron chi connectivity index (χ1n) is 9.91. The van der Waals surface area contributed by atoms with Crippen LogP contribution >= 0.6 is 22.9 Å². The SMILES string of the molecule is COC(C)(C)c1cc(-c2ccc(-c3cccc(S(C)(=O)=O)c3)s2)n(-c2ccccc2Cl)n1. The summed E-state index contributed by atoms with van der Waals surface area (Å²) >= 11 is 8.06. The van der Waals surface area contributed by atoms with E-state index in [1.54, 1.807) is 36.6 Å². The quantitative estimate of drug-likeness (QED) is 0.325. The molecule has 8 heteroatoms. The molecule has 32 heavy (non-hydrogen) atoms. The highest BCUT2D eigenvalue weighted by Gasteiger charge is 2.26. The molecular weight excluding hydrogens is 464 g/mol. The Labute approximate surface area is 197 Å². The zero-order valence-corrected chi connectivity index (χ0v) is 20.6. The van der Waals surface area contributed by atoms with Crippen LogP contribution in [0.3, 0.4) is 0 Å². The van der Waals surface area contributed by atoms with E-state index in [2.05, 4.69) is 0 Å². The maximum atomic E-state index is 12.0. The maximum absolute atomic E-state index is 12.0. The minimum atomic E-state index is -3.28. The number of nitrogens with zero attached hydrogens (tertiary/aromatic N) is 2. The Bertz CT molecular complexity index is 1390. The summed E-state index contributed by atoms with van der Waals surface area (Å²) < 4.78 is 31.4. The Hall–Kier alpha value is -2.45. The Kier molecular flexibility index (Phi) is 6.02. The number of aromatic nitrogens is 2. The minimum absolute atomic E-state index is 0.301. The number of methoxy groups -OCH3 is 1. The third-order valence-electron chi connectivity index (χ3n) is 5.32. The molecule has 0 radical (unpaired) electrons.